The second kappa shape index (κ2) is 5.93. The van der Waals surface area contributed by atoms with Crippen LogP contribution in [-0.2, 0) is 9.47 Å². The predicted octanol–water partition coefficient (Wildman–Crippen LogP) is 0.817. The van der Waals surface area contributed by atoms with Crippen LogP contribution >= 0.6 is 11.5 Å². The van der Waals surface area contributed by atoms with E-state index in [1.807, 2.05) is 0 Å². The molecule has 1 aromatic rings. The monoisotopic (exact) mass is 189 g/mol. The summed E-state index contributed by atoms with van der Waals surface area (Å²) >= 11 is 1.30. The van der Waals surface area contributed by atoms with Crippen molar-refractivity contribution in [2.24, 2.45) is 0 Å². The van der Waals surface area contributed by atoms with Crippen molar-refractivity contribution >= 4 is 11.5 Å². The van der Waals surface area contributed by atoms with Gasteiger partial charge in [-0.05, 0) is 6.42 Å². The summed E-state index contributed by atoms with van der Waals surface area (Å²) in [6.45, 7) is 2.25. The quantitative estimate of drug-likeness (QED) is 0.657. The molecule has 0 aliphatic carbocycles. The van der Waals surface area contributed by atoms with Gasteiger partial charge in [-0.3, -0.25) is 9.17 Å². The van der Waals surface area contributed by atoms with E-state index in [-0.39, 0.29) is 5.56 Å². The zero-order valence-electron chi connectivity index (χ0n) is 6.62. The second-order valence-corrected chi connectivity index (χ2v) is 2.89. The summed E-state index contributed by atoms with van der Waals surface area (Å²) < 4.78 is 12.2. The molecule has 0 saturated carbocycles. The molecule has 1 aromatic heterocycles. The van der Waals surface area contributed by atoms with Crippen molar-refractivity contribution < 1.29 is 9.47 Å². The van der Waals surface area contributed by atoms with Crippen molar-refractivity contribution in [3.05, 3.63) is 21.8 Å². The number of aromatic nitrogens is 1. The predicted molar refractivity (Wildman–Crippen MR) is 46.3 cm³/mol. The van der Waals surface area contributed by atoms with Crippen LogP contribution in [0.15, 0.2) is 16.2 Å². The average Bonchev–Trinajstić information content (AvgIpc) is 2.60. The normalized spacial score (nSPS) is 16.3. The van der Waals surface area contributed by atoms with E-state index in [2.05, 4.69) is 4.37 Å². The van der Waals surface area contributed by atoms with Crippen LogP contribution in [0.1, 0.15) is 6.42 Å². The van der Waals surface area contributed by atoms with Gasteiger partial charge in [-0.1, -0.05) is 11.5 Å². The Hall–Kier alpha value is -0.650. The third-order valence-corrected chi connectivity index (χ3v) is 1.78. The van der Waals surface area contributed by atoms with Gasteiger partial charge in [-0.25, -0.2) is 0 Å². The van der Waals surface area contributed by atoms with Crippen molar-refractivity contribution in [2.45, 2.75) is 6.42 Å². The Labute approximate surface area is 74.3 Å². The van der Waals surface area contributed by atoms with E-state index in [4.69, 9.17) is 9.47 Å². The molecule has 2 rings (SSSR count). The molecule has 12 heavy (non-hydrogen) atoms. The smallest absolute Gasteiger partial charge is 0.257 e. The maximum atomic E-state index is 10.0. The van der Waals surface area contributed by atoms with Crippen LogP contribution in [0.3, 0.4) is 0 Å². The first-order chi connectivity index (χ1) is 5.89. The Morgan fingerprint density at radius 3 is 2.33 bits per heavy atom. The van der Waals surface area contributed by atoms with Gasteiger partial charge >= 0.3 is 0 Å². The summed E-state index contributed by atoms with van der Waals surface area (Å²) in [5, 5.41) is 1.71. The van der Waals surface area contributed by atoms with Gasteiger partial charge in [0, 0.05) is 11.4 Å². The van der Waals surface area contributed by atoms with E-state index >= 15 is 0 Å². The van der Waals surface area contributed by atoms with Crippen molar-refractivity contribution in [2.75, 3.05) is 20.0 Å². The molecule has 0 bridgehead atoms. The van der Waals surface area contributed by atoms with Crippen molar-refractivity contribution in [3.63, 3.8) is 0 Å². The molecular formula is C7H11NO3S. The number of hydrogen-bond donors (Lipinski definition) is 1. The standard InChI is InChI=1S/C4H8O2.C3H3NOS/c1-2-5-4-6-3-1;5-3-1-2-6-4-3/h1-4H2;1-2H,(H,4,5). The van der Waals surface area contributed by atoms with Crippen LogP contribution < -0.4 is 5.56 Å². The van der Waals surface area contributed by atoms with Crippen molar-refractivity contribution in [1.82, 2.24) is 4.37 Å². The van der Waals surface area contributed by atoms with Gasteiger partial charge in [0.25, 0.3) is 5.56 Å². The lowest BCUT2D eigenvalue weighted by molar-refractivity contribution is -0.0963. The lowest BCUT2D eigenvalue weighted by Gasteiger charge is -2.09. The van der Waals surface area contributed by atoms with E-state index in [9.17, 15) is 4.79 Å². The number of aromatic amines is 1. The zero-order chi connectivity index (χ0) is 8.65. The summed E-state index contributed by atoms with van der Waals surface area (Å²) in [6.07, 6.45) is 1.06. The highest BCUT2D eigenvalue weighted by Gasteiger charge is 1.94. The van der Waals surface area contributed by atoms with Crippen LogP contribution in [0.25, 0.3) is 0 Å². The molecule has 1 aliphatic rings. The van der Waals surface area contributed by atoms with E-state index in [1.165, 1.54) is 17.6 Å². The topological polar surface area (TPSA) is 51.3 Å². The highest BCUT2D eigenvalue weighted by molar-refractivity contribution is 7.03. The maximum absolute atomic E-state index is 10.0. The first kappa shape index (κ1) is 9.44. The molecule has 1 saturated heterocycles. The largest absolute Gasteiger partial charge is 0.355 e. The molecule has 1 aliphatic heterocycles. The van der Waals surface area contributed by atoms with Gasteiger partial charge in [0.2, 0.25) is 0 Å². The fraction of sp³-hybridized carbons (Fsp3) is 0.571. The number of rotatable bonds is 0. The third-order valence-electron chi connectivity index (χ3n) is 1.19. The first-order valence-electron chi connectivity index (χ1n) is 3.67. The van der Waals surface area contributed by atoms with Crippen LogP contribution in [0.2, 0.25) is 0 Å². The van der Waals surface area contributed by atoms with Crippen molar-refractivity contribution in [3.8, 4) is 0 Å². The molecule has 1 N–H and O–H groups in total. The molecule has 0 spiro atoms. The highest BCUT2D eigenvalue weighted by atomic mass is 32.1. The summed E-state index contributed by atoms with van der Waals surface area (Å²) in [5.74, 6) is 0. The fourth-order valence-corrected chi connectivity index (χ4v) is 1.11. The number of H-pyrrole nitrogens is 1. The first-order valence-corrected chi connectivity index (χ1v) is 4.55. The van der Waals surface area contributed by atoms with Gasteiger partial charge in [-0.2, -0.15) is 0 Å². The SMILES string of the molecule is C1COCOC1.O=c1ccs[nH]1. The minimum atomic E-state index is -0.0139. The lowest BCUT2D eigenvalue weighted by Crippen LogP contribution is -2.11. The Morgan fingerprint density at radius 1 is 1.42 bits per heavy atom. The second-order valence-electron chi connectivity index (χ2n) is 2.17. The lowest BCUT2D eigenvalue weighted by atomic mass is 10.5. The van der Waals surface area contributed by atoms with E-state index in [0.717, 1.165) is 19.6 Å². The molecule has 2 heterocycles. The third kappa shape index (κ3) is 4.27. The molecule has 0 amide bonds. The molecular weight excluding hydrogens is 178 g/mol. The highest BCUT2D eigenvalue weighted by Crippen LogP contribution is 1.91. The van der Waals surface area contributed by atoms with Crippen LogP contribution in [0.5, 0.6) is 0 Å². The fourth-order valence-electron chi connectivity index (χ4n) is 0.662. The number of hydrogen-bond acceptors (Lipinski definition) is 4. The minimum absolute atomic E-state index is 0.0139. The molecule has 0 aromatic carbocycles. The Kier molecular flexibility index (Phi) is 4.67. The summed E-state index contributed by atoms with van der Waals surface area (Å²) in [7, 11) is 0. The Bertz CT molecular complexity index is 213. The number of ether oxygens (including phenoxy) is 2. The molecule has 0 unspecified atom stereocenters. The molecule has 1 fully saturated rings. The van der Waals surface area contributed by atoms with Crippen LogP contribution in [0.4, 0.5) is 0 Å². The zero-order valence-corrected chi connectivity index (χ0v) is 7.43. The average molecular weight is 189 g/mol. The van der Waals surface area contributed by atoms with Gasteiger partial charge in [-0.15, -0.1) is 0 Å². The Balaban J connectivity index is 0.000000120. The maximum Gasteiger partial charge on any atom is 0.257 e. The minimum Gasteiger partial charge on any atom is -0.355 e. The summed E-state index contributed by atoms with van der Waals surface area (Å²) in [4.78, 5) is 10.0. The van der Waals surface area contributed by atoms with E-state index < -0.39 is 0 Å². The molecule has 0 atom stereocenters. The van der Waals surface area contributed by atoms with Gasteiger partial charge < -0.3 is 9.47 Å². The van der Waals surface area contributed by atoms with Crippen LogP contribution in [-0.4, -0.2) is 24.4 Å². The molecule has 5 heteroatoms. The summed E-state index contributed by atoms with van der Waals surface area (Å²) in [6, 6.07) is 1.49. The van der Waals surface area contributed by atoms with E-state index in [0.29, 0.717) is 6.79 Å². The van der Waals surface area contributed by atoms with Gasteiger partial charge in [0.15, 0.2) is 0 Å². The molecule has 4 nitrogen and oxygen atoms in total. The van der Waals surface area contributed by atoms with E-state index in [1.54, 1.807) is 5.38 Å². The van der Waals surface area contributed by atoms with Gasteiger partial charge in [0.05, 0.1) is 13.2 Å². The van der Waals surface area contributed by atoms with Gasteiger partial charge in [0.1, 0.15) is 6.79 Å². The van der Waals surface area contributed by atoms with Crippen molar-refractivity contribution in [1.29, 1.82) is 0 Å². The number of nitrogens with one attached hydrogen (secondary N) is 1. The van der Waals surface area contributed by atoms with Crippen LogP contribution in [0, 0.1) is 0 Å². The summed E-state index contributed by atoms with van der Waals surface area (Å²) in [5.41, 5.74) is -0.0139. The molecule has 68 valence electrons. The molecule has 0 radical (unpaired) electrons. The Morgan fingerprint density at radius 2 is 2.17 bits per heavy atom.